The lowest BCUT2D eigenvalue weighted by molar-refractivity contribution is -0.128. The zero-order chi connectivity index (χ0) is 21.6. The Morgan fingerprint density at radius 3 is 2.45 bits per heavy atom. The van der Waals surface area contributed by atoms with Crippen LogP contribution in [0.2, 0.25) is 0 Å². The molecule has 0 bridgehead atoms. The van der Waals surface area contributed by atoms with Crippen LogP contribution in [0.4, 0.5) is 4.39 Å². The van der Waals surface area contributed by atoms with Gasteiger partial charge < -0.3 is 15.5 Å². The number of rotatable bonds is 7. The zero-order valence-corrected chi connectivity index (χ0v) is 20.8. The van der Waals surface area contributed by atoms with Gasteiger partial charge in [-0.05, 0) is 35.2 Å². The lowest BCUT2D eigenvalue weighted by Crippen LogP contribution is -2.43. The molecule has 1 aliphatic heterocycles. The van der Waals surface area contributed by atoms with Crippen molar-refractivity contribution in [2.75, 3.05) is 20.1 Å². The van der Waals surface area contributed by atoms with Gasteiger partial charge in [0.05, 0.1) is 0 Å². The third-order valence-electron chi connectivity index (χ3n) is 5.56. The first-order valence-electron chi connectivity index (χ1n) is 10.4. The Balaban J connectivity index is 0.00000341. The molecular formula is C24H32FIN4O. The number of hydrogen-bond acceptors (Lipinski definition) is 2. The molecule has 0 aromatic heterocycles. The van der Waals surface area contributed by atoms with Crippen molar-refractivity contribution >= 4 is 35.8 Å². The topological polar surface area (TPSA) is 56.7 Å². The van der Waals surface area contributed by atoms with Gasteiger partial charge in [0.15, 0.2) is 5.96 Å². The van der Waals surface area contributed by atoms with Crippen LogP contribution in [0.25, 0.3) is 0 Å². The predicted octanol–water partition coefficient (Wildman–Crippen LogP) is 4.21. The van der Waals surface area contributed by atoms with Crippen molar-refractivity contribution < 1.29 is 9.18 Å². The summed E-state index contributed by atoms with van der Waals surface area (Å²) in [7, 11) is 1.74. The largest absolute Gasteiger partial charge is 0.356 e. The molecule has 1 amide bonds. The molecule has 7 heteroatoms. The van der Waals surface area contributed by atoms with Crippen LogP contribution in [0, 0.1) is 5.82 Å². The molecule has 168 valence electrons. The number of benzene rings is 2. The molecule has 1 saturated heterocycles. The summed E-state index contributed by atoms with van der Waals surface area (Å²) in [6.07, 6.45) is 1.63. The van der Waals surface area contributed by atoms with Crippen molar-refractivity contribution in [1.29, 1.82) is 0 Å². The van der Waals surface area contributed by atoms with Crippen molar-refractivity contribution in [1.82, 2.24) is 15.5 Å². The molecule has 0 spiro atoms. The van der Waals surface area contributed by atoms with Crippen molar-refractivity contribution in [3.05, 3.63) is 71.0 Å². The number of likely N-dealkylation sites (tertiary alicyclic amines) is 1. The lowest BCUT2D eigenvalue weighted by atomic mass is 9.84. The fraction of sp³-hybridized carbons (Fsp3) is 0.417. The van der Waals surface area contributed by atoms with Crippen LogP contribution in [-0.4, -0.2) is 36.9 Å². The van der Waals surface area contributed by atoms with E-state index >= 15 is 0 Å². The first kappa shape index (κ1) is 25.1. The van der Waals surface area contributed by atoms with E-state index in [1.54, 1.807) is 19.2 Å². The average molecular weight is 538 g/mol. The molecule has 0 unspecified atom stereocenters. The number of hydrogen-bond donors (Lipinski definition) is 2. The SMILES string of the molecule is CN=C(NCc1ccc(CN2CCCC2=O)cc1)NCC(C)(C)c1cccc(F)c1.I. The van der Waals surface area contributed by atoms with E-state index in [9.17, 15) is 9.18 Å². The second-order valence-electron chi connectivity index (χ2n) is 8.41. The fourth-order valence-electron chi connectivity index (χ4n) is 3.58. The van der Waals surface area contributed by atoms with Gasteiger partial charge in [0, 0.05) is 45.1 Å². The van der Waals surface area contributed by atoms with E-state index in [-0.39, 0.29) is 41.1 Å². The van der Waals surface area contributed by atoms with E-state index in [2.05, 4.69) is 53.7 Å². The average Bonchev–Trinajstić information content (AvgIpc) is 3.13. The summed E-state index contributed by atoms with van der Waals surface area (Å²) in [5.41, 5.74) is 2.98. The standard InChI is InChI=1S/C24H31FN4O.HI/c1-24(2,20-6-4-7-21(25)14-20)17-28-23(26-3)27-15-18-9-11-19(12-10-18)16-29-13-5-8-22(29)30;/h4,6-7,9-12,14H,5,8,13,15-17H2,1-3H3,(H2,26,27,28);1H. The highest BCUT2D eigenvalue weighted by Gasteiger charge is 2.22. The zero-order valence-electron chi connectivity index (χ0n) is 18.5. The number of halogens is 2. The van der Waals surface area contributed by atoms with Gasteiger partial charge in [-0.25, -0.2) is 4.39 Å². The van der Waals surface area contributed by atoms with E-state index in [1.165, 1.54) is 6.07 Å². The Hall–Kier alpha value is -2.16. The van der Waals surface area contributed by atoms with Gasteiger partial charge >= 0.3 is 0 Å². The maximum absolute atomic E-state index is 13.6. The van der Waals surface area contributed by atoms with Crippen LogP contribution in [-0.2, 0) is 23.3 Å². The highest BCUT2D eigenvalue weighted by molar-refractivity contribution is 14.0. The minimum Gasteiger partial charge on any atom is -0.356 e. The summed E-state index contributed by atoms with van der Waals surface area (Å²) >= 11 is 0. The van der Waals surface area contributed by atoms with Crippen LogP contribution in [0.3, 0.4) is 0 Å². The summed E-state index contributed by atoms with van der Waals surface area (Å²) in [6.45, 7) is 6.96. The summed E-state index contributed by atoms with van der Waals surface area (Å²) < 4.78 is 13.6. The smallest absolute Gasteiger partial charge is 0.222 e. The van der Waals surface area contributed by atoms with Crippen LogP contribution in [0.1, 0.15) is 43.4 Å². The summed E-state index contributed by atoms with van der Waals surface area (Å²) in [5, 5.41) is 6.66. The van der Waals surface area contributed by atoms with Crippen molar-refractivity contribution in [2.24, 2.45) is 4.99 Å². The van der Waals surface area contributed by atoms with Crippen LogP contribution < -0.4 is 10.6 Å². The van der Waals surface area contributed by atoms with E-state index in [1.807, 2.05) is 11.0 Å². The van der Waals surface area contributed by atoms with Gasteiger partial charge in [0.1, 0.15) is 5.82 Å². The number of guanidine groups is 1. The number of carbonyl (C=O) groups excluding carboxylic acids is 1. The maximum Gasteiger partial charge on any atom is 0.222 e. The van der Waals surface area contributed by atoms with Gasteiger partial charge in [0.2, 0.25) is 5.91 Å². The van der Waals surface area contributed by atoms with E-state index in [4.69, 9.17) is 0 Å². The number of amides is 1. The van der Waals surface area contributed by atoms with Crippen molar-refractivity contribution in [3.8, 4) is 0 Å². The van der Waals surface area contributed by atoms with Crippen molar-refractivity contribution in [2.45, 2.75) is 45.2 Å². The molecule has 0 radical (unpaired) electrons. The molecule has 0 saturated carbocycles. The van der Waals surface area contributed by atoms with E-state index < -0.39 is 0 Å². The van der Waals surface area contributed by atoms with E-state index in [0.717, 1.165) is 29.7 Å². The second-order valence-corrected chi connectivity index (χ2v) is 8.41. The van der Waals surface area contributed by atoms with Gasteiger partial charge in [0.25, 0.3) is 0 Å². The molecule has 0 atom stereocenters. The minimum absolute atomic E-state index is 0. The summed E-state index contributed by atoms with van der Waals surface area (Å²) in [6, 6.07) is 15.0. The molecule has 2 aromatic rings. The quantitative estimate of drug-likeness (QED) is 0.316. The van der Waals surface area contributed by atoms with Gasteiger partial charge in [-0.2, -0.15) is 0 Å². The Labute approximate surface area is 201 Å². The molecule has 2 N–H and O–H groups in total. The number of nitrogens with one attached hydrogen (secondary N) is 2. The Morgan fingerprint density at radius 1 is 1.13 bits per heavy atom. The van der Waals surface area contributed by atoms with Crippen LogP contribution in [0.15, 0.2) is 53.5 Å². The minimum atomic E-state index is -0.242. The molecule has 2 aromatic carbocycles. The number of carbonyl (C=O) groups is 1. The summed E-state index contributed by atoms with van der Waals surface area (Å²) in [5.74, 6) is 0.726. The predicted molar refractivity (Wildman–Crippen MR) is 134 cm³/mol. The Kier molecular flexibility index (Phi) is 9.28. The third-order valence-corrected chi connectivity index (χ3v) is 5.56. The normalized spacial score (nSPS) is 14.4. The highest BCUT2D eigenvalue weighted by Crippen LogP contribution is 2.22. The van der Waals surface area contributed by atoms with Gasteiger partial charge in [-0.3, -0.25) is 9.79 Å². The Morgan fingerprint density at radius 2 is 1.84 bits per heavy atom. The van der Waals surface area contributed by atoms with Gasteiger partial charge in [-0.15, -0.1) is 24.0 Å². The fourth-order valence-corrected chi connectivity index (χ4v) is 3.58. The molecule has 1 aliphatic rings. The highest BCUT2D eigenvalue weighted by atomic mass is 127. The molecule has 31 heavy (non-hydrogen) atoms. The lowest BCUT2D eigenvalue weighted by Gasteiger charge is -2.27. The third kappa shape index (κ3) is 7.19. The molecule has 5 nitrogen and oxygen atoms in total. The Bertz CT molecular complexity index is 899. The van der Waals surface area contributed by atoms with Gasteiger partial charge in [-0.1, -0.05) is 50.2 Å². The molecule has 3 rings (SSSR count). The van der Waals surface area contributed by atoms with E-state index in [0.29, 0.717) is 32.0 Å². The van der Waals surface area contributed by atoms with Crippen LogP contribution >= 0.6 is 24.0 Å². The first-order chi connectivity index (χ1) is 14.4. The summed E-state index contributed by atoms with van der Waals surface area (Å²) in [4.78, 5) is 18.0. The maximum atomic E-state index is 13.6. The van der Waals surface area contributed by atoms with Crippen molar-refractivity contribution in [3.63, 3.8) is 0 Å². The molecular weight excluding hydrogens is 506 g/mol. The molecule has 0 aliphatic carbocycles. The second kappa shape index (κ2) is 11.5. The van der Waals surface area contributed by atoms with Crippen LogP contribution in [0.5, 0.6) is 0 Å². The monoisotopic (exact) mass is 538 g/mol. The molecule has 1 heterocycles. The number of nitrogens with zero attached hydrogens (tertiary/aromatic N) is 2. The molecule has 1 fully saturated rings. The first-order valence-corrected chi connectivity index (χ1v) is 10.4. The number of aliphatic imine (C=N–C) groups is 1.